The molecule has 0 radical (unpaired) electrons. The predicted molar refractivity (Wildman–Crippen MR) is 91.2 cm³/mol. The standard InChI is InChI=1S/C18H16F3N3O3/c1-11-15-13(16(25)22-7-8-26-10-18(19,20)21)9-14(23-17(15)27-24-11)12-5-3-2-4-6-12/h2-6,9H,7-8,10H2,1H3,(H,22,25). The van der Waals surface area contributed by atoms with Crippen molar-refractivity contribution in [1.29, 1.82) is 0 Å². The summed E-state index contributed by atoms with van der Waals surface area (Å²) in [5.74, 6) is -0.471. The molecule has 142 valence electrons. The highest BCUT2D eigenvalue weighted by Gasteiger charge is 2.27. The van der Waals surface area contributed by atoms with Crippen molar-refractivity contribution in [2.75, 3.05) is 19.8 Å². The SMILES string of the molecule is Cc1noc2nc(-c3ccccc3)cc(C(=O)NCCOCC(F)(F)F)c12. The van der Waals surface area contributed by atoms with Crippen LogP contribution in [0.5, 0.6) is 0 Å². The van der Waals surface area contributed by atoms with Crippen LogP contribution in [-0.4, -0.2) is 42.0 Å². The number of hydrogen-bond acceptors (Lipinski definition) is 5. The monoisotopic (exact) mass is 379 g/mol. The lowest BCUT2D eigenvalue weighted by Gasteiger charge is -2.10. The van der Waals surface area contributed by atoms with Crippen molar-refractivity contribution in [1.82, 2.24) is 15.5 Å². The third-order valence-corrected chi connectivity index (χ3v) is 3.73. The molecule has 3 rings (SSSR count). The summed E-state index contributed by atoms with van der Waals surface area (Å²) >= 11 is 0. The van der Waals surface area contributed by atoms with Crippen LogP contribution in [-0.2, 0) is 4.74 Å². The minimum absolute atomic E-state index is 0.0657. The number of pyridine rings is 1. The molecule has 1 aromatic carbocycles. The highest BCUT2D eigenvalue weighted by atomic mass is 19.4. The van der Waals surface area contributed by atoms with Gasteiger partial charge in [-0.25, -0.2) is 4.98 Å². The maximum atomic E-state index is 12.6. The Morgan fingerprint density at radius 3 is 2.70 bits per heavy atom. The van der Waals surface area contributed by atoms with Gasteiger partial charge < -0.3 is 14.6 Å². The van der Waals surface area contributed by atoms with Crippen molar-refractivity contribution in [3.63, 3.8) is 0 Å². The fourth-order valence-electron chi connectivity index (χ4n) is 2.55. The Kier molecular flexibility index (Phi) is 5.41. The zero-order valence-electron chi connectivity index (χ0n) is 14.3. The zero-order chi connectivity index (χ0) is 19.4. The van der Waals surface area contributed by atoms with E-state index in [2.05, 4.69) is 20.2 Å². The second-order valence-electron chi connectivity index (χ2n) is 5.79. The summed E-state index contributed by atoms with van der Waals surface area (Å²) in [4.78, 5) is 17.0. The molecule has 0 atom stereocenters. The van der Waals surface area contributed by atoms with E-state index in [1.807, 2.05) is 30.3 Å². The molecule has 27 heavy (non-hydrogen) atoms. The Morgan fingerprint density at radius 2 is 2.00 bits per heavy atom. The van der Waals surface area contributed by atoms with E-state index >= 15 is 0 Å². The fourth-order valence-corrected chi connectivity index (χ4v) is 2.55. The number of amides is 1. The summed E-state index contributed by atoms with van der Waals surface area (Å²) in [6.07, 6.45) is -4.40. The minimum Gasteiger partial charge on any atom is -0.370 e. The van der Waals surface area contributed by atoms with Crippen molar-refractivity contribution in [3.8, 4) is 11.3 Å². The van der Waals surface area contributed by atoms with Gasteiger partial charge in [0.25, 0.3) is 11.6 Å². The van der Waals surface area contributed by atoms with Gasteiger partial charge in [0.15, 0.2) is 0 Å². The summed E-state index contributed by atoms with van der Waals surface area (Å²) in [6.45, 7) is 0.00157. The minimum atomic E-state index is -4.40. The third kappa shape index (κ3) is 4.62. The molecule has 0 aliphatic rings. The predicted octanol–water partition coefficient (Wildman–Crippen LogP) is 3.51. The number of nitrogens with zero attached hydrogens (tertiary/aromatic N) is 2. The molecule has 0 aliphatic carbocycles. The molecule has 0 saturated carbocycles. The van der Waals surface area contributed by atoms with Crippen molar-refractivity contribution < 1.29 is 27.2 Å². The third-order valence-electron chi connectivity index (χ3n) is 3.73. The molecule has 0 aliphatic heterocycles. The molecule has 2 aromatic heterocycles. The van der Waals surface area contributed by atoms with Crippen LogP contribution in [0.4, 0.5) is 13.2 Å². The van der Waals surface area contributed by atoms with Gasteiger partial charge in [0.1, 0.15) is 6.61 Å². The number of aromatic nitrogens is 2. The van der Waals surface area contributed by atoms with Crippen molar-refractivity contribution in [2.45, 2.75) is 13.1 Å². The van der Waals surface area contributed by atoms with E-state index in [4.69, 9.17) is 4.52 Å². The average Bonchev–Trinajstić information content (AvgIpc) is 3.01. The molecule has 0 fully saturated rings. The molecule has 0 saturated heterocycles. The second kappa shape index (κ2) is 7.75. The van der Waals surface area contributed by atoms with Gasteiger partial charge in [0.05, 0.1) is 28.9 Å². The Labute approximate surface area is 152 Å². The van der Waals surface area contributed by atoms with Crippen LogP contribution in [0, 0.1) is 6.92 Å². The van der Waals surface area contributed by atoms with Gasteiger partial charge in [-0.1, -0.05) is 35.5 Å². The lowest BCUT2D eigenvalue weighted by atomic mass is 10.1. The quantitative estimate of drug-likeness (QED) is 0.664. The Bertz CT molecular complexity index is 939. The Hall–Kier alpha value is -2.94. The molecule has 0 unspecified atom stereocenters. The Morgan fingerprint density at radius 1 is 1.26 bits per heavy atom. The first kappa shape index (κ1) is 18.8. The van der Waals surface area contributed by atoms with Crippen LogP contribution >= 0.6 is 0 Å². The van der Waals surface area contributed by atoms with E-state index in [0.29, 0.717) is 16.8 Å². The van der Waals surface area contributed by atoms with Gasteiger partial charge in [-0.2, -0.15) is 13.2 Å². The van der Waals surface area contributed by atoms with Crippen LogP contribution < -0.4 is 5.32 Å². The van der Waals surface area contributed by atoms with Gasteiger partial charge in [0, 0.05) is 12.1 Å². The highest BCUT2D eigenvalue weighted by molar-refractivity contribution is 6.06. The average molecular weight is 379 g/mol. The molecule has 0 bridgehead atoms. The summed E-state index contributed by atoms with van der Waals surface area (Å²) < 4.78 is 45.9. The van der Waals surface area contributed by atoms with Gasteiger partial charge in [-0.3, -0.25) is 4.79 Å². The Balaban J connectivity index is 1.80. The molecule has 1 N–H and O–H groups in total. The van der Waals surface area contributed by atoms with Crippen LogP contribution in [0.15, 0.2) is 40.9 Å². The van der Waals surface area contributed by atoms with Crippen LogP contribution in [0.25, 0.3) is 22.4 Å². The first-order chi connectivity index (χ1) is 12.8. The number of ether oxygens (including phenoxy) is 1. The van der Waals surface area contributed by atoms with E-state index in [9.17, 15) is 18.0 Å². The molecule has 6 nitrogen and oxygen atoms in total. The molecular formula is C18H16F3N3O3. The van der Waals surface area contributed by atoms with Gasteiger partial charge in [0.2, 0.25) is 0 Å². The van der Waals surface area contributed by atoms with E-state index in [1.54, 1.807) is 13.0 Å². The van der Waals surface area contributed by atoms with E-state index in [-0.39, 0.29) is 24.4 Å². The number of carbonyl (C=O) groups is 1. The van der Waals surface area contributed by atoms with Crippen molar-refractivity contribution >= 4 is 17.0 Å². The largest absolute Gasteiger partial charge is 0.411 e. The fraction of sp³-hybridized carbons (Fsp3) is 0.278. The topological polar surface area (TPSA) is 77.2 Å². The van der Waals surface area contributed by atoms with E-state index < -0.39 is 18.7 Å². The van der Waals surface area contributed by atoms with Gasteiger partial charge >= 0.3 is 6.18 Å². The number of benzene rings is 1. The molecule has 9 heteroatoms. The number of alkyl halides is 3. The van der Waals surface area contributed by atoms with Gasteiger partial charge in [-0.05, 0) is 13.0 Å². The van der Waals surface area contributed by atoms with Crippen LogP contribution in [0.2, 0.25) is 0 Å². The first-order valence-corrected chi connectivity index (χ1v) is 8.10. The molecular weight excluding hydrogens is 363 g/mol. The molecule has 2 heterocycles. The van der Waals surface area contributed by atoms with E-state index in [1.165, 1.54) is 0 Å². The number of hydrogen-bond donors (Lipinski definition) is 1. The summed E-state index contributed by atoms with van der Waals surface area (Å²) in [7, 11) is 0. The summed E-state index contributed by atoms with van der Waals surface area (Å²) in [5, 5.41) is 6.85. The number of nitrogens with one attached hydrogen (secondary N) is 1. The number of rotatable bonds is 6. The smallest absolute Gasteiger partial charge is 0.370 e. The van der Waals surface area contributed by atoms with E-state index in [0.717, 1.165) is 5.56 Å². The molecule has 3 aromatic rings. The summed E-state index contributed by atoms with van der Waals surface area (Å²) in [6, 6.07) is 10.8. The lowest BCUT2D eigenvalue weighted by molar-refractivity contribution is -0.173. The number of fused-ring (bicyclic) bond motifs is 1. The number of halogens is 3. The number of carbonyl (C=O) groups excluding carboxylic acids is 1. The second-order valence-corrected chi connectivity index (χ2v) is 5.79. The van der Waals surface area contributed by atoms with Gasteiger partial charge in [-0.15, -0.1) is 0 Å². The van der Waals surface area contributed by atoms with Crippen LogP contribution in [0.3, 0.4) is 0 Å². The molecule has 0 spiro atoms. The molecule has 1 amide bonds. The maximum Gasteiger partial charge on any atom is 0.411 e. The normalized spacial score (nSPS) is 11.7. The van der Waals surface area contributed by atoms with Crippen molar-refractivity contribution in [3.05, 3.63) is 47.7 Å². The number of aryl methyl sites for hydroxylation is 1. The lowest BCUT2D eigenvalue weighted by Crippen LogP contribution is -2.29. The van der Waals surface area contributed by atoms with Crippen LogP contribution in [0.1, 0.15) is 16.1 Å². The summed E-state index contributed by atoms with van der Waals surface area (Å²) in [5.41, 5.74) is 2.31. The highest BCUT2D eigenvalue weighted by Crippen LogP contribution is 2.26. The van der Waals surface area contributed by atoms with Crippen molar-refractivity contribution in [2.24, 2.45) is 0 Å². The maximum absolute atomic E-state index is 12.6. The zero-order valence-corrected chi connectivity index (χ0v) is 14.3. The first-order valence-electron chi connectivity index (χ1n) is 8.10.